The van der Waals surface area contributed by atoms with E-state index in [2.05, 4.69) is 20.8 Å². The Morgan fingerprint density at radius 2 is 1.15 bits per heavy atom. The molecule has 9 fully saturated rings. The average Bonchev–Trinajstić information content (AvgIpc) is 4.05. The van der Waals surface area contributed by atoms with Crippen LogP contribution in [0.3, 0.4) is 0 Å². The van der Waals surface area contributed by atoms with Crippen molar-refractivity contribution in [3.8, 4) is 0 Å². The first-order valence-corrected chi connectivity index (χ1v) is 27.0. The first-order valence-electron chi connectivity index (χ1n) is 27.0. The summed E-state index contributed by atoms with van der Waals surface area (Å²) in [6.07, 6.45) is -25.6. The zero-order valence-electron chi connectivity index (χ0n) is 43.1. The van der Waals surface area contributed by atoms with Crippen LogP contribution in [0.1, 0.15) is 86.0 Å². The molecule has 24 nitrogen and oxygen atoms in total. The number of aliphatic hydroxyl groups is 14. The maximum Gasteiger partial charge on any atom is 0.187 e. The lowest BCUT2D eigenvalue weighted by atomic mass is 9.46. The van der Waals surface area contributed by atoms with Gasteiger partial charge in [0.25, 0.3) is 0 Å². The smallest absolute Gasteiger partial charge is 0.187 e. The number of fused-ring (bicyclic) bond motifs is 7. The van der Waals surface area contributed by atoms with Gasteiger partial charge in [-0.3, -0.25) is 0 Å². The van der Waals surface area contributed by atoms with Crippen LogP contribution in [-0.2, 0) is 47.4 Å². The van der Waals surface area contributed by atoms with Gasteiger partial charge in [0.1, 0.15) is 91.6 Å². The third kappa shape index (κ3) is 9.61. The maximum atomic E-state index is 12.3. The van der Waals surface area contributed by atoms with Crippen LogP contribution in [-0.4, -0.2) is 250 Å². The van der Waals surface area contributed by atoms with Crippen LogP contribution in [0.15, 0.2) is 11.6 Å². The van der Waals surface area contributed by atoms with Gasteiger partial charge in [0.15, 0.2) is 30.9 Å². The molecule has 10 rings (SSSR count). The highest BCUT2D eigenvalue weighted by atomic mass is 16.8. The second-order valence-corrected chi connectivity index (χ2v) is 24.3. The average molecular weight is 1080 g/mol. The second-order valence-electron chi connectivity index (χ2n) is 24.3. The molecule has 32 atom stereocenters. The van der Waals surface area contributed by atoms with Crippen LogP contribution in [0, 0.1) is 40.4 Å². The Morgan fingerprint density at radius 3 is 1.80 bits per heavy atom. The molecule has 6 saturated heterocycles. The molecule has 14 N–H and O–H groups in total. The van der Waals surface area contributed by atoms with Gasteiger partial charge in [-0.1, -0.05) is 32.4 Å². The first kappa shape index (κ1) is 57.0. The highest BCUT2D eigenvalue weighted by Crippen LogP contribution is 2.71. The van der Waals surface area contributed by atoms with Crippen LogP contribution in [0.25, 0.3) is 0 Å². The van der Waals surface area contributed by atoms with Gasteiger partial charge < -0.3 is 119 Å². The topological polar surface area (TPSA) is 376 Å². The summed E-state index contributed by atoms with van der Waals surface area (Å²) in [5.41, 5.74) is -0.351. The van der Waals surface area contributed by atoms with Gasteiger partial charge in [0, 0.05) is 12.3 Å². The van der Waals surface area contributed by atoms with Crippen molar-refractivity contribution in [1.82, 2.24) is 0 Å². The van der Waals surface area contributed by atoms with Gasteiger partial charge in [0.2, 0.25) is 0 Å². The Labute approximate surface area is 434 Å². The fourth-order valence-corrected chi connectivity index (χ4v) is 15.6. The summed E-state index contributed by atoms with van der Waals surface area (Å²) in [4.78, 5) is 0. The highest BCUT2D eigenvalue weighted by Gasteiger charge is 2.71. The summed E-state index contributed by atoms with van der Waals surface area (Å²) in [7, 11) is 0. The predicted octanol–water partition coefficient (Wildman–Crippen LogP) is -3.88. The van der Waals surface area contributed by atoms with E-state index in [0.29, 0.717) is 32.1 Å². The Kier molecular flexibility index (Phi) is 16.2. The molecule has 6 heterocycles. The van der Waals surface area contributed by atoms with Crippen LogP contribution in [0.5, 0.6) is 0 Å². The summed E-state index contributed by atoms with van der Waals surface area (Å²) in [5.74, 6) is -0.615. The normalized spacial score (nSPS) is 57.8. The van der Waals surface area contributed by atoms with E-state index in [9.17, 15) is 71.5 Å². The monoisotopic (exact) mass is 1080 g/mol. The van der Waals surface area contributed by atoms with Crippen molar-refractivity contribution in [2.75, 3.05) is 26.4 Å². The van der Waals surface area contributed by atoms with E-state index in [1.165, 1.54) is 6.92 Å². The molecule has 0 radical (unpaired) electrons. The Bertz CT molecular complexity index is 2020. The fraction of sp³-hybridized carbons (Fsp3) is 0.961. The Balaban J connectivity index is 0.839. The zero-order chi connectivity index (χ0) is 54.0. The predicted molar refractivity (Wildman–Crippen MR) is 250 cm³/mol. The van der Waals surface area contributed by atoms with Crippen molar-refractivity contribution in [3.63, 3.8) is 0 Å². The van der Waals surface area contributed by atoms with Gasteiger partial charge in [-0.25, -0.2) is 0 Å². The third-order valence-corrected chi connectivity index (χ3v) is 19.9. The lowest BCUT2D eigenvalue weighted by molar-refractivity contribution is -0.394. The number of hydrogen-bond acceptors (Lipinski definition) is 24. The van der Waals surface area contributed by atoms with Crippen molar-refractivity contribution in [1.29, 1.82) is 0 Å². The third-order valence-electron chi connectivity index (χ3n) is 19.9. The minimum atomic E-state index is -1.90. The van der Waals surface area contributed by atoms with Crippen molar-refractivity contribution in [2.45, 2.75) is 239 Å². The molecule has 430 valence electrons. The minimum absolute atomic E-state index is 0.00233. The molecule has 0 amide bonds. The molecule has 10 aliphatic rings. The van der Waals surface area contributed by atoms with Gasteiger partial charge >= 0.3 is 0 Å². The number of aliphatic hydroxyl groups excluding tert-OH is 14. The largest absolute Gasteiger partial charge is 0.394 e. The number of hydrogen-bond donors (Lipinski definition) is 14. The summed E-state index contributed by atoms with van der Waals surface area (Å²) in [5, 5.41) is 149. The Morgan fingerprint density at radius 1 is 0.573 bits per heavy atom. The molecule has 6 aliphatic heterocycles. The SMILES string of the molecule is C[C@@H]1O[C@H](O[C@@H]2[C@@H](O[C@H]3CC[C@@]4(C)C(=C[C@H](O)[C@H]5[C@H]6C[C@H]7O[C@@]8(CC[C@](C)(CO[C@H]9O[C@@H](CO)[C@H](O)[C@@H](O)[C@@H]9O)O8)[C@@H](C)[C@H]7[C@@]6(C)CC[C@H]54)C3)O[C@@H](CO)[C@H](O)[C@H]2O[C@H]2O[C@@H](CO)[C@H](O)[C@@H](O)[C@@H]2O)[C@@H](O)[C@H](O)[C@H]1O. The highest BCUT2D eigenvalue weighted by molar-refractivity contribution is 5.29. The van der Waals surface area contributed by atoms with Crippen LogP contribution < -0.4 is 0 Å². The Hall–Kier alpha value is -1.22. The molecule has 3 saturated carbocycles. The molecule has 0 aromatic carbocycles. The first-order chi connectivity index (χ1) is 35.4. The van der Waals surface area contributed by atoms with E-state index in [-0.39, 0.29) is 53.1 Å². The van der Waals surface area contributed by atoms with Gasteiger partial charge in [-0.2, -0.15) is 0 Å². The summed E-state index contributed by atoms with van der Waals surface area (Å²) in [6.45, 7) is 8.04. The summed E-state index contributed by atoms with van der Waals surface area (Å²) < 4.78 is 62.1. The van der Waals surface area contributed by atoms with Gasteiger partial charge in [-0.05, 0) is 93.3 Å². The zero-order valence-corrected chi connectivity index (χ0v) is 43.1. The standard InChI is InChI=1S/C51H82O24/c1-19-31-26(74-51(19)11-10-48(3,75-51)18-66-44-39(63)37(61)33(57)27(15-52)69-44)14-24-30-23(7-9-50(24,31)5)49(4)8-6-22(12-21(49)13-25(30)55)68-47-43(73-45-40(64)36(60)32(56)20(2)67-45)42(35(59)29(17-54)71-47)72-46-41(65)38(62)34(58)28(16-53)70-46/h13,19-20,22-47,52-65H,6-12,14-18H2,1-5H3/t19-,20-,22-,23+,24+,25-,26+,27-,28-,29-,30+,31+,32-,33-,34-,35-,36+,37+,38+,39-,40-,41-,42+,43-,44-,45+,46+,47-,48+,49-,50-,51+/m0/s1. The lowest BCUT2D eigenvalue weighted by Crippen LogP contribution is -2.67. The minimum Gasteiger partial charge on any atom is -0.394 e. The van der Waals surface area contributed by atoms with E-state index in [1.54, 1.807) is 0 Å². The number of rotatable bonds is 12. The van der Waals surface area contributed by atoms with Crippen LogP contribution in [0.2, 0.25) is 0 Å². The summed E-state index contributed by atoms with van der Waals surface area (Å²) in [6, 6.07) is 0. The van der Waals surface area contributed by atoms with Crippen molar-refractivity contribution in [3.05, 3.63) is 11.6 Å². The molecule has 1 spiro atoms. The van der Waals surface area contributed by atoms with Crippen molar-refractivity contribution in [2.24, 2.45) is 40.4 Å². The van der Waals surface area contributed by atoms with E-state index in [4.69, 9.17) is 47.4 Å². The molecule has 0 aromatic heterocycles. The van der Waals surface area contributed by atoms with E-state index in [0.717, 1.165) is 24.8 Å². The maximum absolute atomic E-state index is 12.3. The molecular formula is C51H82O24. The van der Waals surface area contributed by atoms with E-state index in [1.807, 2.05) is 13.0 Å². The van der Waals surface area contributed by atoms with Crippen LogP contribution in [0.4, 0.5) is 0 Å². The molecular weight excluding hydrogens is 997 g/mol. The quantitative estimate of drug-likeness (QED) is 0.0832. The lowest BCUT2D eigenvalue weighted by Gasteiger charge is -2.59. The molecule has 0 bridgehead atoms. The molecule has 75 heavy (non-hydrogen) atoms. The van der Waals surface area contributed by atoms with E-state index >= 15 is 0 Å². The molecule has 24 heteroatoms. The number of ether oxygens (including phenoxy) is 10. The van der Waals surface area contributed by atoms with Gasteiger partial charge in [0.05, 0.1) is 56.4 Å². The second kappa shape index (κ2) is 21.3. The van der Waals surface area contributed by atoms with Crippen molar-refractivity contribution < 1.29 is 119 Å². The van der Waals surface area contributed by atoms with Crippen molar-refractivity contribution >= 4 is 0 Å². The molecule has 0 aromatic rings. The fourth-order valence-electron chi connectivity index (χ4n) is 15.6. The van der Waals surface area contributed by atoms with Crippen LogP contribution >= 0.6 is 0 Å². The molecule has 0 unspecified atom stereocenters. The van der Waals surface area contributed by atoms with E-state index < -0.39 is 166 Å². The van der Waals surface area contributed by atoms with Gasteiger partial charge in [-0.15, -0.1) is 0 Å². The summed E-state index contributed by atoms with van der Waals surface area (Å²) >= 11 is 0. The molecule has 4 aliphatic carbocycles.